The summed E-state index contributed by atoms with van der Waals surface area (Å²) in [6, 6.07) is 18.7. The van der Waals surface area contributed by atoms with Crippen LogP contribution >= 0.6 is 0 Å². The molecule has 0 nitrogen and oxygen atoms in total. The molecule has 2 aromatic carbocycles. The fourth-order valence-corrected chi connectivity index (χ4v) is 5.85. The van der Waals surface area contributed by atoms with Crippen LogP contribution in [0, 0.1) is 11.8 Å². The highest BCUT2D eigenvalue weighted by Gasteiger charge is 2.26. The van der Waals surface area contributed by atoms with Crippen molar-refractivity contribution in [1.82, 2.24) is 0 Å². The Labute approximate surface area is 194 Å². The van der Waals surface area contributed by atoms with Crippen LogP contribution < -0.4 is 0 Å². The number of allylic oxidation sites excluding steroid dienone is 8. The molecule has 1 saturated carbocycles. The van der Waals surface area contributed by atoms with Crippen LogP contribution in [0.4, 0.5) is 0 Å². The van der Waals surface area contributed by atoms with Crippen molar-refractivity contribution in [3.8, 4) is 0 Å². The van der Waals surface area contributed by atoms with E-state index in [9.17, 15) is 0 Å². The summed E-state index contributed by atoms with van der Waals surface area (Å²) in [4.78, 5) is 0. The van der Waals surface area contributed by atoms with Gasteiger partial charge in [0, 0.05) is 5.92 Å². The zero-order valence-electron chi connectivity index (χ0n) is 19.7. The van der Waals surface area contributed by atoms with Gasteiger partial charge in [-0.15, -0.1) is 0 Å². The van der Waals surface area contributed by atoms with Crippen LogP contribution in [0.2, 0.25) is 0 Å². The van der Waals surface area contributed by atoms with Gasteiger partial charge in [0.2, 0.25) is 0 Å². The molecule has 1 fully saturated rings. The third-order valence-corrected chi connectivity index (χ3v) is 8.05. The zero-order chi connectivity index (χ0) is 21.9. The van der Waals surface area contributed by atoms with E-state index in [1.54, 1.807) is 5.56 Å². The molecule has 0 saturated heterocycles. The minimum atomic E-state index is 0.399. The first-order valence-corrected chi connectivity index (χ1v) is 12.7. The number of hydrogen-bond donors (Lipinski definition) is 0. The average molecular weight is 421 g/mol. The topological polar surface area (TPSA) is 0 Å². The van der Waals surface area contributed by atoms with E-state index in [0.29, 0.717) is 5.92 Å². The van der Waals surface area contributed by atoms with Crippen molar-refractivity contribution in [2.24, 2.45) is 11.8 Å². The Morgan fingerprint density at radius 3 is 2.12 bits per heavy atom. The first-order chi connectivity index (χ1) is 15.7. The third-order valence-electron chi connectivity index (χ3n) is 8.05. The van der Waals surface area contributed by atoms with E-state index < -0.39 is 0 Å². The molecular formula is C32H36. The summed E-state index contributed by atoms with van der Waals surface area (Å²) in [5.74, 6) is 2.14. The lowest BCUT2D eigenvalue weighted by atomic mass is 9.77. The van der Waals surface area contributed by atoms with Gasteiger partial charge in [-0.1, -0.05) is 99.2 Å². The molecule has 5 rings (SSSR count). The highest BCUT2D eigenvalue weighted by atomic mass is 14.3. The van der Waals surface area contributed by atoms with E-state index in [0.717, 1.165) is 24.7 Å². The molecule has 1 atom stereocenters. The molecule has 0 spiro atoms. The summed E-state index contributed by atoms with van der Waals surface area (Å²) in [5, 5.41) is 0. The molecule has 3 aliphatic carbocycles. The van der Waals surface area contributed by atoms with Crippen molar-refractivity contribution < 1.29 is 0 Å². The summed E-state index contributed by atoms with van der Waals surface area (Å²) in [6.45, 7) is 4.56. The van der Waals surface area contributed by atoms with E-state index in [2.05, 4.69) is 92.8 Å². The van der Waals surface area contributed by atoms with Gasteiger partial charge in [0.1, 0.15) is 0 Å². The van der Waals surface area contributed by atoms with Crippen molar-refractivity contribution in [2.45, 2.75) is 64.7 Å². The fourth-order valence-electron chi connectivity index (χ4n) is 5.85. The monoisotopic (exact) mass is 420 g/mol. The maximum Gasteiger partial charge on any atom is 0.0281 e. The second-order valence-electron chi connectivity index (χ2n) is 9.89. The first-order valence-electron chi connectivity index (χ1n) is 12.7. The molecule has 0 amide bonds. The zero-order valence-corrected chi connectivity index (χ0v) is 19.7. The smallest absolute Gasteiger partial charge is 0.0281 e. The number of fused-ring (bicyclic) bond motifs is 1. The second kappa shape index (κ2) is 9.49. The highest BCUT2D eigenvalue weighted by Crippen LogP contribution is 2.42. The first kappa shape index (κ1) is 21.3. The van der Waals surface area contributed by atoms with Crippen LogP contribution in [0.1, 0.15) is 74.1 Å². The second-order valence-corrected chi connectivity index (χ2v) is 9.89. The average Bonchev–Trinajstić information content (AvgIpc) is 3.35. The minimum Gasteiger partial charge on any atom is -0.0726 e. The van der Waals surface area contributed by atoms with Gasteiger partial charge in [0.15, 0.2) is 0 Å². The van der Waals surface area contributed by atoms with Gasteiger partial charge >= 0.3 is 0 Å². The Kier molecular flexibility index (Phi) is 6.30. The number of rotatable bonds is 6. The maximum atomic E-state index is 2.41. The SMILES string of the molecule is CCc1ccc(C2=CC=C(Cc3ccc(C4CCC(CC)CC4)cc3)C3=CC=CC32)cc1. The van der Waals surface area contributed by atoms with E-state index >= 15 is 0 Å². The Bertz CT molecular complexity index is 1050. The molecule has 0 heteroatoms. The predicted molar refractivity (Wildman–Crippen MR) is 138 cm³/mol. The molecule has 0 radical (unpaired) electrons. The number of hydrogen-bond acceptors (Lipinski definition) is 0. The largest absolute Gasteiger partial charge is 0.0726 e. The summed E-state index contributed by atoms with van der Waals surface area (Å²) in [5.41, 5.74) is 10.1. The van der Waals surface area contributed by atoms with E-state index in [4.69, 9.17) is 0 Å². The third kappa shape index (κ3) is 4.33. The van der Waals surface area contributed by atoms with Crippen molar-refractivity contribution >= 4 is 5.57 Å². The molecule has 3 aliphatic rings. The van der Waals surface area contributed by atoms with Crippen molar-refractivity contribution in [3.63, 3.8) is 0 Å². The van der Waals surface area contributed by atoms with Gasteiger partial charge in [-0.05, 0) is 89.3 Å². The summed E-state index contributed by atoms with van der Waals surface area (Å²) >= 11 is 0. The summed E-state index contributed by atoms with van der Waals surface area (Å²) in [6.07, 6.45) is 20.7. The Morgan fingerprint density at radius 1 is 0.719 bits per heavy atom. The molecule has 0 heterocycles. The Balaban J connectivity index is 1.31. The minimum absolute atomic E-state index is 0.399. The molecular weight excluding hydrogens is 384 g/mol. The van der Waals surface area contributed by atoms with Gasteiger partial charge in [-0.25, -0.2) is 0 Å². The highest BCUT2D eigenvalue weighted by molar-refractivity contribution is 5.78. The predicted octanol–water partition coefficient (Wildman–Crippen LogP) is 8.61. The fraction of sp³-hybridized carbons (Fsp3) is 0.375. The molecule has 164 valence electrons. The van der Waals surface area contributed by atoms with Crippen LogP contribution in [0.3, 0.4) is 0 Å². The Hall–Kier alpha value is -2.60. The van der Waals surface area contributed by atoms with Crippen molar-refractivity contribution in [1.29, 1.82) is 0 Å². The van der Waals surface area contributed by atoms with E-state index in [-0.39, 0.29) is 0 Å². The lowest BCUT2D eigenvalue weighted by molar-refractivity contribution is 0.319. The van der Waals surface area contributed by atoms with Crippen LogP contribution in [0.15, 0.2) is 90.1 Å². The lowest BCUT2D eigenvalue weighted by Gasteiger charge is -2.28. The van der Waals surface area contributed by atoms with Gasteiger partial charge in [-0.2, -0.15) is 0 Å². The lowest BCUT2D eigenvalue weighted by Crippen LogP contribution is -2.12. The molecule has 0 aliphatic heterocycles. The maximum absolute atomic E-state index is 2.41. The van der Waals surface area contributed by atoms with Crippen LogP contribution in [-0.2, 0) is 12.8 Å². The van der Waals surface area contributed by atoms with Crippen LogP contribution in [-0.4, -0.2) is 0 Å². The molecule has 1 unspecified atom stereocenters. The standard InChI is InChI=1S/C32H36/c1-3-23-8-14-26(15-9-23)27-16-12-25(13-17-27)22-29-20-21-31(32-7-5-6-30(29)32)28-18-10-24(4-2)11-19-28/h5-7,10-13,16-21,23,26,32H,3-4,8-9,14-15,22H2,1-2H3. The normalized spacial score (nSPS) is 24.6. The van der Waals surface area contributed by atoms with Crippen LogP contribution in [0.5, 0.6) is 0 Å². The molecule has 32 heavy (non-hydrogen) atoms. The quantitative estimate of drug-likeness (QED) is 0.439. The van der Waals surface area contributed by atoms with Gasteiger partial charge in [0.25, 0.3) is 0 Å². The van der Waals surface area contributed by atoms with Crippen molar-refractivity contribution in [3.05, 3.63) is 112 Å². The van der Waals surface area contributed by atoms with Crippen LogP contribution in [0.25, 0.3) is 5.57 Å². The number of benzene rings is 2. The number of aryl methyl sites for hydroxylation is 1. The van der Waals surface area contributed by atoms with E-state index in [1.165, 1.54) is 65.5 Å². The molecule has 2 aromatic rings. The Morgan fingerprint density at radius 2 is 1.44 bits per heavy atom. The van der Waals surface area contributed by atoms with Gasteiger partial charge in [0.05, 0.1) is 0 Å². The molecule has 0 N–H and O–H groups in total. The summed E-state index contributed by atoms with van der Waals surface area (Å²) in [7, 11) is 0. The molecule has 0 bridgehead atoms. The van der Waals surface area contributed by atoms with Gasteiger partial charge in [-0.3, -0.25) is 0 Å². The van der Waals surface area contributed by atoms with E-state index in [1.807, 2.05) is 0 Å². The summed E-state index contributed by atoms with van der Waals surface area (Å²) < 4.78 is 0. The van der Waals surface area contributed by atoms with Gasteiger partial charge < -0.3 is 0 Å². The van der Waals surface area contributed by atoms with Crippen molar-refractivity contribution in [2.75, 3.05) is 0 Å². The molecule has 0 aromatic heterocycles.